The molecule has 2 nitrogen and oxygen atoms in total. The van der Waals surface area contributed by atoms with Gasteiger partial charge >= 0.3 is 6.18 Å². The monoisotopic (exact) mass is 300 g/mol. The van der Waals surface area contributed by atoms with Crippen molar-refractivity contribution in [3.8, 4) is 0 Å². The SMILES string of the molecule is CCCN(CC1CCCN1)C(c1ccccc1)C(F)(F)F. The molecule has 1 fully saturated rings. The molecular weight excluding hydrogens is 277 g/mol. The van der Waals surface area contributed by atoms with Crippen molar-refractivity contribution in [2.24, 2.45) is 0 Å². The third-order valence-corrected chi connectivity index (χ3v) is 3.92. The summed E-state index contributed by atoms with van der Waals surface area (Å²) in [5.74, 6) is 0. The maximum atomic E-state index is 13.6. The van der Waals surface area contributed by atoms with Gasteiger partial charge in [-0.25, -0.2) is 0 Å². The lowest BCUT2D eigenvalue weighted by atomic mass is 10.0. The minimum absolute atomic E-state index is 0.171. The highest BCUT2D eigenvalue weighted by molar-refractivity contribution is 5.20. The molecule has 1 N–H and O–H groups in total. The number of nitrogens with zero attached hydrogens (tertiary/aromatic N) is 1. The molecule has 1 aliphatic rings. The highest BCUT2D eigenvalue weighted by atomic mass is 19.4. The maximum absolute atomic E-state index is 13.6. The fourth-order valence-corrected chi connectivity index (χ4v) is 3.05. The van der Waals surface area contributed by atoms with Gasteiger partial charge in [0.2, 0.25) is 0 Å². The average molecular weight is 300 g/mol. The number of hydrogen-bond donors (Lipinski definition) is 1. The second-order valence-corrected chi connectivity index (χ2v) is 5.64. The van der Waals surface area contributed by atoms with E-state index in [0.29, 0.717) is 25.1 Å². The molecule has 5 heteroatoms. The number of rotatable bonds is 6. The van der Waals surface area contributed by atoms with Crippen molar-refractivity contribution in [1.29, 1.82) is 0 Å². The predicted octanol–water partition coefficient (Wildman–Crippen LogP) is 3.75. The molecule has 0 saturated carbocycles. The van der Waals surface area contributed by atoms with E-state index in [1.54, 1.807) is 35.2 Å². The van der Waals surface area contributed by atoms with E-state index in [2.05, 4.69) is 5.32 Å². The Morgan fingerprint density at radius 2 is 2.00 bits per heavy atom. The van der Waals surface area contributed by atoms with Crippen molar-refractivity contribution >= 4 is 0 Å². The van der Waals surface area contributed by atoms with Crippen LogP contribution in [-0.2, 0) is 0 Å². The van der Waals surface area contributed by atoms with E-state index < -0.39 is 12.2 Å². The summed E-state index contributed by atoms with van der Waals surface area (Å²) in [7, 11) is 0. The standard InChI is InChI=1S/C16H23F3N2/c1-2-11-21(12-14-9-6-10-20-14)15(16(17,18)19)13-7-4-3-5-8-13/h3-5,7-8,14-15,20H,2,6,9-12H2,1H3. The van der Waals surface area contributed by atoms with Crippen molar-refractivity contribution in [3.63, 3.8) is 0 Å². The Kier molecular flexibility index (Phi) is 5.65. The summed E-state index contributed by atoms with van der Waals surface area (Å²) >= 11 is 0. The van der Waals surface area contributed by atoms with Crippen LogP contribution in [-0.4, -0.2) is 36.8 Å². The summed E-state index contributed by atoms with van der Waals surface area (Å²) < 4.78 is 40.8. The first-order chi connectivity index (χ1) is 10.0. The van der Waals surface area contributed by atoms with Gasteiger partial charge in [-0.15, -0.1) is 0 Å². The van der Waals surface area contributed by atoms with Crippen molar-refractivity contribution in [3.05, 3.63) is 35.9 Å². The van der Waals surface area contributed by atoms with Crippen molar-refractivity contribution in [1.82, 2.24) is 10.2 Å². The van der Waals surface area contributed by atoms with E-state index in [-0.39, 0.29) is 6.04 Å². The van der Waals surface area contributed by atoms with Gasteiger partial charge in [0.25, 0.3) is 0 Å². The first-order valence-corrected chi connectivity index (χ1v) is 7.61. The third kappa shape index (κ3) is 4.45. The first-order valence-electron chi connectivity index (χ1n) is 7.61. The smallest absolute Gasteiger partial charge is 0.313 e. The minimum Gasteiger partial charge on any atom is -0.313 e. The molecule has 1 aliphatic heterocycles. The van der Waals surface area contributed by atoms with Gasteiger partial charge in [-0.2, -0.15) is 13.2 Å². The van der Waals surface area contributed by atoms with E-state index in [1.165, 1.54) is 0 Å². The first kappa shape index (κ1) is 16.3. The van der Waals surface area contributed by atoms with E-state index in [9.17, 15) is 13.2 Å². The van der Waals surface area contributed by atoms with Crippen molar-refractivity contribution in [2.75, 3.05) is 19.6 Å². The molecule has 2 rings (SSSR count). The molecule has 0 bridgehead atoms. The van der Waals surface area contributed by atoms with Gasteiger partial charge in [-0.3, -0.25) is 4.90 Å². The van der Waals surface area contributed by atoms with Crippen LogP contribution in [0, 0.1) is 0 Å². The van der Waals surface area contributed by atoms with Crippen LogP contribution in [0.2, 0.25) is 0 Å². The van der Waals surface area contributed by atoms with Crippen LogP contribution in [0.1, 0.15) is 37.8 Å². The van der Waals surface area contributed by atoms with Gasteiger partial charge in [0.1, 0.15) is 6.04 Å². The lowest BCUT2D eigenvalue weighted by Crippen LogP contribution is -2.45. The molecule has 2 unspecified atom stereocenters. The Balaban J connectivity index is 2.22. The fraction of sp³-hybridized carbons (Fsp3) is 0.625. The molecular formula is C16H23F3N2. The molecule has 1 saturated heterocycles. The average Bonchev–Trinajstić information content (AvgIpc) is 2.92. The zero-order valence-corrected chi connectivity index (χ0v) is 12.4. The summed E-state index contributed by atoms with van der Waals surface area (Å²) in [5.41, 5.74) is 0.330. The predicted molar refractivity (Wildman–Crippen MR) is 78.1 cm³/mol. The summed E-state index contributed by atoms with van der Waals surface area (Å²) in [4.78, 5) is 1.58. The molecule has 2 atom stereocenters. The normalized spacial score (nSPS) is 20.9. The Hall–Kier alpha value is -1.07. The topological polar surface area (TPSA) is 15.3 Å². The van der Waals surface area contributed by atoms with Crippen molar-refractivity contribution < 1.29 is 13.2 Å². The maximum Gasteiger partial charge on any atom is 0.408 e. The number of nitrogens with one attached hydrogen (secondary N) is 1. The molecule has 0 spiro atoms. The fourth-order valence-electron chi connectivity index (χ4n) is 3.05. The number of alkyl halides is 3. The lowest BCUT2D eigenvalue weighted by molar-refractivity contribution is -0.187. The second-order valence-electron chi connectivity index (χ2n) is 5.64. The van der Waals surface area contributed by atoms with E-state index in [4.69, 9.17) is 0 Å². The van der Waals surface area contributed by atoms with Gasteiger partial charge in [-0.1, -0.05) is 37.3 Å². The van der Waals surface area contributed by atoms with Crippen LogP contribution in [0.3, 0.4) is 0 Å². The number of benzene rings is 1. The lowest BCUT2D eigenvalue weighted by Gasteiger charge is -2.35. The zero-order chi connectivity index (χ0) is 15.3. The van der Waals surface area contributed by atoms with Crippen molar-refractivity contribution in [2.45, 2.75) is 44.4 Å². The minimum atomic E-state index is -4.25. The van der Waals surface area contributed by atoms with E-state index in [0.717, 1.165) is 19.4 Å². The molecule has 1 aromatic rings. The molecule has 21 heavy (non-hydrogen) atoms. The number of halogens is 3. The largest absolute Gasteiger partial charge is 0.408 e. The van der Waals surface area contributed by atoms with Crippen LogP contribution >= 0.6 is 0 Å². The zero-order valence-electron chi connectivity index (χ0n) is 12.4. The molecule has 0 amide bonds. The molecule has 0 aromatic heterocycles. The Labute approximate surface area is 124 Å². The molecule has 1 aromatic carbocycles. The highest BCUT2D eigenvalue weighted by Gasteiger charge is 2.44. The van der Waals surface area contributed by atoms with Gasteiger partial charge in [0.15, 0.2) is 0 Å². The van der Waals surface area contributed by atoms with Crippen LogP contribution < -0.4 is 5.32 Å². The van der Waals surface area contributed by atoms with Gasteiger partial charge in [0, 0.05) is 12.6 Å². The third-order valence-electron chi connectivity index (χ3n) is 3.92. The summed E-state index contributed by atoms with van der Waals surface area (Å²) in [6.07, 6.45) is -1.53. The Morgan fingerprint density at radius 1 is 1.29 bits per heavy atom. The van der Waals surface area contributed by atoms with E-state index >= 15 is 0 Å². The number of hydrogen-bond acceptors (Lipinski definition) is 2. The molecule has 1 heterocycles. The summed E-state index contributed by atoms with van der Waals surface area (Å²) in [6.45, 7) is 3.74. The summed E-state index contributed by atoms with van der Waals surface area (Å²) in [5, 5.41) is 3.29. The second kappa shape index (κ2) is 7.27. The van der Waals surface area contributed by atoms with Crippen LogP contribution in [0.15, 0.2) is 30.3 Å². The molecule has 0 aliphatic carbocycles. The highest BCUT2D eigenvalue weighted by Crippen LogP contribution is 2.38. The van der Waals surface area contributed by atoms with Crippen LogP contribution in [0.5, 0.6) is 0 Å². The van der Waals surface area contributed by atoms with E-state index in [1.807, 2.05) is 6.92 Å². The summed E-state index contributed by atoms with van der Waals surface area (Å²) in [6, 6.07) is 6.90. The van der Waals surface area contributed by atoms with Gasteiger partial charge in [0.05, 0.1) is 0 Å². The molecule has 118 valence electrons. The van der Waals surface area contributed by atoms with Crippen LogP contribution in [0.25, 0.3) is 0 Å². The Bertz CT molecular complexity index is 413. The van der Waals surface area contributed by atoms with Gasteiger partial charge in [-0.05, 0) is 37.9 Å². The van der Waals surface area contributed by atoms with Crippen LogP contribution in [0.4, 0.5) is 13.2 Å². The Morgan fingerprint density at radius 3 is 2.52 bits per heavy atom. The quantitative estimate of drug-likeness (QED) is 0.860. The van der Waals surface area contributed by atoms with Gasteiger partial charge < -0.3 is 5.32 Å². The molecule has 0 radical (unpaired) electrons.